The van der Waals surface area contributed by atoms with Crippen molar-refractivity contribution in [3.8, 4) is 11.1 Å². The van der Waals surface area contributed by atoms with Crippen molar-refractivity contribution >= 4 is 5.97 Å². The Balaban J connectivity index is 1.89. The molecule has 8 heteroatoms. The minimum atomic E-state index is -4.39. The molecule has 0 fully saturated rings. The minimum absolute atomic E-state index is 0.191. The van der Waals surface area contributed by atoms with Crippen LogP contribution in [-0.4, -0.2) is 16.2 Å². The van der Waals surface area contributed by atoms with E-state index < -0.39 is 23.8 Å². The molecule has 0 saturated heterocycles. The number of hydrogen-bond acceptors (Lipinski definition) is 5. The number of esters is 1. The predicted octanol–water partition coefficient (Wildman–Crippen LogP) is 4.91. The number of nitrogens with zero attached hydrogens (tertiary/aromatic N) is 2. The molecular formula is C20H17F3N2O3. The van der Waals surface area contributed by atoms with Gasteiger partial charge in [0.15, 0.2) is 0 Å². The summed E-state index contributed by atoms with van der Waals surface area (Å²) in [6.45, 7) is 2.95. The van der Waals surface area contributed by atoms with E-state index in [4.69, 9.17) is 9.15 Å². The van der Waals surface area contributed by atoms with Crippen molar-refractivity contribution in [1.82, 2.24) is 10.2 Å². The van der Waals surface area contributed by atoms with Gasteiger partial charge in [0.2, 0.25) is 11.8 Å². The van der Waals surface area contributed by atoms with Crippen molar-refractivity contribution in [3.63, 3.8) is 0 Å². The van der Waals surface area contributed by atoms with Crippen molar-refractivity contribution in [2.45, 2.75) is 32.5 Å². The van der Waals surface area contributed by atoms with Crippen LogP contribution in [0.25, 0.3) is 11.1 Å². The zero-order valence-electron chi connectivity index (χ0n) is 15.2. The van der Waals surface area contributed by atoms with Crippen LogP contribution < -0.4 is 0 Å². The topological polar surface area (TPSA) is 65.2 Å². The number of carbonyl (C=O) groups excluding carboxylic acids is 1. The lowest BCUT2D eigenvalue weighted by Gasteiger charge is -2.17. The fourth-order valence-electron chi connectivity index (χ4n) is 2.78. The first-order valence-electron chi connectivity index (χ1n) is 8.46. The van der Waals surface area contributed by atoms with Gasteiger partial charge in [0, 0.05) is 13.8 Å². The van der Waals surface area contributed by atoms with E-state index in [-0.39, 0.29) is 6.42 Å². The third-order valence-corrected chi connectivity index (χ3v) is 4.04. The van der Waals surface area contributed by atoms with Crippen LogP contribution in [0.15, 0.2) is 52.9 Å². The highest BCUT2D eigenvalue weighted by Crippen LogP contribution is 2.32. The Morgan fingerprint density at radius 1 is 1.11 bits per heavy atom. The molecule has 0 aliphatic rings. The first-order valence-corrected chi connectivity index (χ1v) is 8.46. The molecule has 0 aliphatic heterocycles. The lowest BCUT2D eigenvalue weighted by molar-refractivity contribution is -0.146. The fraction of sp³-hybridized carbons (Fsp3) is 0.250. The van der Waals surface area contributed by atoms with Gasteiger partial charge in [-0.1, -0.05) is 30.3 Å². The molecule has 2 aromatic carbocycles. The number of hydrogen-bond donors (Lipinski definition) is 0. The van der Waals surface area contributed by atoms with Gasteiger partial charge in [0.05, 0.1) is 12.0 Å². The third-order valence-electron chi connectivity index (χ3n) is 4.04. The Hall–Kier alpha value is -3.16. The number of carbonyl (C=O) groups is 1. The van der Waals surface area contributed by atoms with E-state index in [2.05, 4.69) is 10.2 Å². The first-order chi connectivity index (χ1) is 13.2. The van der Waals surface area contributed by atoms with Crippen molar-refractivity contribution in [2.24, 2.45) is 0 Å². The molecule has 5 nitrogen and oxygen atoms in total. The summed E-state index contributed by atoms with van der Waals surface area (Å²) in [5.74, 6) is 0.250. The van der Waals surface area contributed by atoms with Crippen LogP contribution in [0.3, 0.4) is 0 Å². The molecule has 0 N–H and O–H groups in total. The number of halogens is 3. The van der Waals surface area contributed by atoms with Crippen LogP contribution in [-0.2, 0) is 22.1 Å². The Morgan fingerprint density at radius 2 is 1.82 bits per heavy atom. The van der Waals surface area contributed by atoms with Gasteiger partial charge in [-0.2, -0.15) is 13.2 Å². The summed E-state index contributed by atoms with van der Waals surface area (Å²) in [4.78, 5) is 11.5. The zero-order valence-corrected chi connectivity index (χ0v) is 15.2. The van der Waals surface area contributed by atoms with E-state index in [1.807, 2.05) is 0 Å². The Morgan fingerprint density at radius 3 is 2.39 bits per heavy atom. The quantitative estimate of drug-likeness (QED) is 0.579. The summed E-state index contributed by atoms with van der Waals surface area (Å²) in [5.41, 5.74) is 1.27. The van der Waals surface area contributed by atoms with Gasteiger partial charge in [0.1, 0.15) is 6.10 Å². The smallest absolute Gasteiger partial charge is 0.416 e. The number of aromatic nitrogens is 2. The van der Waals surface area contributed by atoms with Crippen LogP contribution in [0.5, 0.6) is 0 Å². The number of benzene rings is 2. The van der Waals surface area contributed by atoms with Crippen molar-refractivity contribution < 1.29 is 27.1 Å². The Bertz CT molecular complexity index is 965. The molecule has 0 bridgehead atoms. The summed E-state index contributed by atoms with van der Waals surface area (Å²) in [7, 11) is 0. The third kappa shape index (κ3) is 4.76. The summed E-state index contributed by atoms with van der Waals surface area (Å²) >= 11 is 0. The van der Waals surface area contributed by atoms with Gasteiger partial charge in [-0.3, -0.25) is 4.79 Å². The lowest BCUT2D eigenvalue weighted by Crippen LogP contribution is -2.12. The molecule has 1 aromatic heterocycles. The standard InChI is InChI=1S/C20H17F3N2O3/c1-12-24-25-19(27-12)11-18(28-13(2)26)16-5-3-4-15(10-16)14-6-8-17(9-7-14)20(21,22)23/h3-10,18H,11H2,1-2H3. The van der Waals surface area contributed by atoms with E-state index in [9.17, 15) is 18.0 Å². The molecule has 3 rings (SSSR count). The van der Waals surface area contributed by atoms with E-state index >= 15 is 0 Å². The summed E-state index contributed by atoms with van der Waals surface area (Å²) in [6, 6.07) is 11.9. The molecule has 0 spiro atoms. The maximum Gasteiger partial charge on any atom is 0.416 e. The van der Waals surface area contributed by atoms with Gasteiger partial charge < -0.3 is 9.15 Å². The highest BCUT2D eigenvalue weighted by atomic mass is 19.4. The van der Waals surface area contributed by atoms with E-state index in [1.165, 1.54) is 19.1 Å². The first kappa shape index (κ1) is 19.6. The minimum Gasteiger partial charge on any atom is -0.457 e. The predicted molar refractivity (Wildman–Crippen MR) is 94.1 cm³/mol. The van der Waals surface area contributed by atoms with Crippen LogP contribution in [0.2, 0.25) is 0 Å². The van der Waals surface area contributed by atoms with Crippen molar-refractivity contribution in [3.05, 3.63) is 71.4 Å². The average Bonchev–Trinajstić information content (AvgIpc) is 3.05. The highest BCUT2D eigenvalue weighted by Gasteiger charge is 2.30. The Kier molecular flexibility index (Phi) is 5.48. The maximum atomic E-state index is 12.8. The van der Waals surface area contributed by atoms with E-state index in [0.717, 1.165) is 12.1 Å². The van der Waals surface area contributed by atoms with Gasteiger partial charge in [-0.15, -0.1) is 10.2 Å². The number of ether oxygens (including phenoxy) is 1. The fourth-order valence-corrected chi connectivity index (χ4v) is 2.78. The molecule has 28 heavy (non-hydrogen) atoms. The SMILES string of the molecule is CC(=O)OC(Cc1nnc(C)o1)c1cccc(-c2ccc(C(F)(F)F)cc2)c1. The van der Waals surface area contributed by atoms with E-state index in [1.54, 1.807) is 31.2 Å². The molecule has 0 radical (unpaired) electrons. The monoisotopic (exact) mass is 390 g/mol. The van der Waals surface area contributed by atoms with Crippen LogP contribution in [0, 0.1) is 6.92 Å². The van der Waals surface area contributed by atoms with Gasteiger partial charge >= 0.3 is 12.1 Å². The summed E-state index contributed by atoms with van der Waals surface area (Å²) in [6.07, 6.45) is -4.85. The number of alkyl halides is 3. The van der Waals surface area contributed by atoms with Crippen LogP contribution >= 0.6 is 0 Å². The molecule has 146 valence electrons. The van der Waals surface area contributed by atoms with E-state index in [0.29, 0.717) is 28.5 Å². The number of aryl methyl sites for hydroxylation is 1. The second kappa shape index (κ2) is 7.84. The molecule has 1 atom stereocenters. The molecule has 1 heterocycles. The second-order valence-electron chi connectivity index (χ2n) is 6.22. The molecule has 3 aromatic rings. The van der Waals surface area contributed by atoms with Crippen LogP contribution in [0.4, 0.5) is 13.2 Å². The molecule has 0 amide bonds. The molecular weight excluding hydrogens is 373 g/mol. The summed E-state index contributed by atoms with van der Waals surface area (Å²) in [5, 5.41) is 7.67. The lowest BCUT2D eigenvalue weighted by atomic mass is 9.98. The normalized spacial score (nSPS) is 12.6. The maximum absolute atomic E-state index is 12.8. The van der Waals surface area contributed by atoms with Crippen molar-refractivity contribution in [2.75, 3.05) is 0 Å². The van der Waals surface area contributed by atoms with Crippen LogP contribution in [0.1, 0.15) is 35.9 Å². The van der Waals surface area contributed by atoms with Gasteiger partial charge in [-0.25, -0.2) is 0 Å². The zero-order chi connectivity index (χ0) is 20.3. The second-order valence-corrected chi connectivity index (χ2v) is 6.22. The average molecular weight is 390 g/mol. The highest BCUT2D eigenvalue weighted by molar-refractivity contribution is 5.67. The van der Waals surface area contributed by atoms with Gasteiger partial charge in [-0.05, 0) is 34.9 Å². The largest absolute Gasteiger partial charge is 0.457 e. The van der Waals surface area contributed by atoms with Crippen molar-refractivity contribution in [1.29, 1.82) is 0 Å². The molecule has 0 saturated carbocycles. The summed E-state index contributed by atoms with van der Waals surface area (Å²) < 4.78 is 49.0. The molecule has 0 aliphatic carbocycles. The Labute approximate surface area is 159 Å². The number of rotatable bonds is 5. The van der Waals surface area contributed by atoms with Gasteiger partial charge in [0.25, 0.3) is 0 Å². The molecule has 1 unspecified atom stereocenters.